The fraction of sp³-hybridized carbons (Fsp3) is 0.206. The van der Waals surface area contributed by atoms with Gasteiger partial charge in [0.05, 0.1) is 29.7 Å². The smallest absolute Gasteiger partial charge is 0.266 e. The van der Waals surface area contributed by atoms with Gasteiger partial charge in [-0.15, -0.1) is 0 Å². The minimum Gasteiger partial charge on any atom is -0.495 e. The van der Waals surface area contributed by atoms with Crippen molar-refractivity contribution in [2.75, 3.05) is 20.3 Å². The van der Waals surface area contributed by atoms with E-state index < -0.39 is 6.04 Å². The molecule has 0 saturated heterocycles. The molecule has 5 aromatic rings. The summed E-state index contributed by atoms with van der Waals surface area (Å²) in [5.74, 6) is 1.31. The predicted octanol–water partition coefficient (Wildman–Crippen LogP) is 6.65. The Morgan fingerprint density at radius 3 is 2.36 bits per heavy atom. The minimum atomic E-state index is -0.530. The summed E-state index contributed by atoms with van der Waals surface area (Å²) in [5, 5.41) is 1.07. The molecule has 0 radical (unpaired) electrons. The van der Waals surface area contributed by atoms with Gasteiger partial charge in [-0.1, -0.05) is 73.1 Å². The molecule has 0 saturated carbocycles. The van der Waals surface area contributed by atoms with Gasteiger partial charge in [0.2, 0.25) is 0 Å². The van der Waals surface area contributed by atoms with Crippen molar-refractivity contribution in [1.29, 1.82) is 0 Å². The standard InChI is InChI=1S/C34H32ClN3O4/c1-3-29(33-36-28-14-8-7-13-27(28)34(40)38(33)30-15-9-10-16-31(30)41-2)37(22-21-24-11-5-4-6-12-24)32(39)23-42-26-19-17-25(35)18-20-26/h4-20,29H,3,21-23H2,1-2H3. The van der Waals surface area contributed by atoms with Gasteiger partial charge in [0.25, 0.3) is 11.5 Å². The zero-order valence-corrected chi connectivity index (χ0v) is 24.3. The second-order valence-electron chi connectivity index (χ2n) is 9.79. The minimum absolute atomic E-state index is 0.181. The van der Waals surface area contributed by atoms with Crippen LogP contribution in [0.5, 0.6) is 11.5 Å². The number of benzene rings is 4. The van der Waals surface area contributed by atoms with Crippen molar-refractivity contribution in [3.63, 3.8) is 0 Å². The number of methoxy groups -OCH3 is 1. The third kappa shape index (κ3) is 6.31. The second-order valence-corrected chi connectivity index (χ2v) is 10.2. The van der Waals surface area contributed by atoms with E-state index in [0.29, 0.717) is 58.3 Å². The van der Waals surface area contributed by atoms with Crippen molar-refractivity contribution in [1.82, 2.24) is 14.5 Å². The highest BCUT2D eigenvalue weighted by Gasteiger charge is 2.30. The van der Waals surface area contributed by atoms with E-state index in [-0.39, 0.29) is 18.1 Å². The Labute approximate surface area is 249 Å². The van der Waals surface area contributed by atoms with Crippen LogP contribution in [-0.4, -0.2) is 40.6 Å². The molecule has 1 atom stereocenters. The first-order valence-electron chi connectivity index (χ1n) is 13.9. The van der Waals surface area contributed by atoms with Crippen molar-refractivity contribution < 1.29 is 14.3 Å². The van der Waals surface area contributed by atoms with Gasteiger partial charge in [0, 0.05) is 11.6 Å². The maximum Gasteiger partial charge on any atom is 0.266 e. The number of carbonyl (C=O) groups excluding carboxylic acids is 1. The first-order valence-corrected chi connectivity index (χ1v) is 14.2. The number of aromatic nitrogens is 2. The van der Waals surface area contributed by atoms with Crippen LogP contribution >= 0.6 is 11.6 Å². The topological polar surface area (TPSA) is 73.7 Å². The predicted molar refractivity (Wildman–Crippen MR) is 166 cm³/mol. The largest absolute Gasteiger partial charge is 0.495 e. The molecule has 4 aromatic carbocycles. The number of halogens is 1. The van der Waals surface area contributed by atoms with Crippen molar-refractivity contribution >= 4 is 28.4 Å². The SMILES string of the molecule is CCC(c1nc2ccccc2c(=O)n1-c1ccccc1OC)N(CCc1ccccc1)C(=O)COc1ccc(Cl)cc1. The van der Waals surface area contributed by atoms with Gasteiger partial charge in [-0.3, -0.25) is 14.2 Å². The zero-order chi connectivity index (χ0) is 29.5. The van der Waals surface area contributed by atoms with Crippen LogP contribution in [0.2, 0.25) is 5.02 Å². The number of hydrogen-bond donors (Lipinski definition) is 0. The molecule has 214 valence electrons. The highest BCUT2D eigenvalue weighted by molar-refractivity contribution is 6.30. The third-order valence-corrected chi connectivity index (χ3v) is 7.42. The molecule has 0 spiro atoms. The van der Waals surface area contributed by atoms with Gasteiger partial charge in [-0.25, -0.2) is 4.98 Å². The molecule has 42 heavy (non-hydrogen) atoms. The quantitative estimate of drug-likeness (QED) is 0.175. The van der Waals surface area contributed by atoms with E-state index in [0.717, 1.165) is 5.56 Å². The maximum atomic E-state index is 14.1. The number of amides is 1. The Balaban J connectivity index is 1.61. The van der Waals surface area contributed by atoms with Gasteiger partial charge in [0.1, 0.15) is 17.3 Å². The Morgan fingerprint density at radius 2 is 1.62 bits per heavy atom. The first-order chi connectivity index (χ1) is 20.5. The summed E-state index contributed by atoms with van der Waals surface area (Å²) in [5.41, 5.74) is 1.99. The second kappa shape index (κ2) is 13.4. The molecule has 0 fully saturated rings. The van der Waals surface area contributed by atoms with Crippen LogP contribution in [-0.2, 0) is 11.2 Å². The summed E-state index contributed by atoms with van der Waals surface area (Å²) in [6.07, 6.45) is 1.14. The van der Waals surface area contributed by atoms with Crippen LogP contribution in [0, 0.1) is 0 Å². The summed E-state index contributed by atoms with van der Waals surface area (Å²) in [7, 11) is 1.57. The molecule has 1 amide bonds. The van der Waals surface area contributed by atoms with Crippen molar-refractivity contribution in [3.05, 3.63) is 130 Å². The van der Waals surface area contributed by atoms with Crippen molar-refractivity contribution in [3.8, 4) is 17.2 Å². The van der Waals surface area contributed by atoms with Crippen LogP contribution < -0.4 is 15.0 Å². The van der Waals surface area contributed by atoms with E-state index >= 15 is 0 Å². The lowest BCUT2D eigenvalue weighted by Crippen LogP contribution is -2.42. The third-order valence-electron chi connectivity index (χ3n) is 7.17. The Morgan fingerprint density at radius 1 is 0.929 bits per heavy atom. The summed E-state index contributed by atoms with van der Waals surface area (Å²) < 4.78 is 13.1. The monoisotopic (exact) mass is 581 g/mol. The van der Waals surface area contributed by atoms with Crippen LogP contribution in [0.1, 0.15) is 30.8 Å². The number of nitrogens with zero attached hydrogens (tertiary/aromatic N) is 3. The molecule has 1 unspecified atom stereocenters. The van der Waals surface area contributed by atoms with Gasteiger partial charge >= 0.3 is 0 Å². The molecule has 8 heteroatoms. The summed E-state index contributed by atoms with van der Waals surface area (Å²) >= 11 is 6.02. The summed E-state index contributed by atoms with van der Waals surface area (Å²) in [4.78, 5) is 34.8. The van der Waals surface area contributed by atoms with E-state index in [1.165, 1.54) is 0 Å². The molecular formula is C34H32ClN3O4. The summed E-state index contributed by atoms with van der Waals surface area (Å²) in [6.45, 7) is 2.21. The Kier molecular flexibility index (Phi) is 9.19. The number of carbonyl (C=O) groups is 1. The van der Waals surface area contributed by atoms with Crippen molar-refractivity contribution in [2.45, 2.75) is 25.8 Å². The average molecular weight is 582 g/mol. The Hall–Kier alpha value is -4.62. The molecule has 0 N–H and O–H groups in total. The normalized spacial score (nSPS) is 11.7. The lowest BCUT2D eigenvalue weighted by molar-refractivity contribution is -0.136. The van der Waals surface area contributed by atoms with Gasteiger partial charge in [-0.2, -0.15) is 0 Å². The molecule has 5 rings (SSSR count). The van der Waals surface area contributed by atoms with Crippen LogP contribution in [0.25, 0.3) is 16.6 Å². The van der Waals surface area contributed by atoms with Crippen molar-refractivity contribution in [2.24, 2.45) is 0 Å². The molecule has 1 aromatic heterocycles. The van der Waals surface area contributed by atoms with Gasteiger partial charge in [-0.05, 0) is 66.9 Å². The van der Waals surface area contributed by atoms with Gasteiger partial charge < -0.3 is 14.4 Å². The number of rotatable bonds is 11. The van der Waals surface area contributed by atoms with Gasteiger partial charge in [0.15, 0.2) is 6.61 Å². The maximum absolute atomic E-state index is 14.1. The van der Waals surface area contributed by atoms with E-state index in [9.17, 15) is 9.59 Å². The van der Waals surface area contributed by atoms with Crippen LogP contribution in [0.3, 0.4) is 0 Å². The number of hydrogen-bond acceptors (Lipinski definition) is 5. The number of ether oxygens (including phenoxy) is 2. The Bertz CT molecular complexity index is 1720. The number of fused-ring (bicyclic) bond motifs is 1. The highest BCUT2D eigenvalue weighted by atomic mass is 35.5. The summed E-state index contributed by atoms with van der Waals surface area (Å²) in [6, 6.07) is 30.9. The lowest BCUT2D eigenvalue weighted by Gasteiger charge is -2.32. The molecule has 7 nitrogen and oxygen atoms in total. The average Bonchev–Trinajstić information content (AvgIpc) is 3.03. The fourth-order valence-corrected chi connectivity index (χ4v) is 5.20. The van der Waals surface area contributed by atoms with Crippen LogP contribution in [0.15, 0.2) is 108 Å². The molecule has 0 aliphatic rings. The zero-order valence-electron chi connectivity index (χ0n) is 23.6. The van der Waals surface area contributed by atoms with Crippen LogP contribution in [0.4, 0.5) is 0 Å². The van der Waals surface area contributed by atoms with E-state index in [1.54, 1.807) is 53.0 Å². The van der Waals surface area contributed by atoms with E-state index in [1.807, 2.05) is 73.7 Å². The highest BCUT2D eigenvalue weighted by Crippen LogP contribution is 2.30. The van der Waals surface area contributed by atoms with E-state index in [2.05, 4.69) is 0 Å². The molecule has 0 bridgehead atoms. The fourth-order valence-electron chi connectivity index (χ4n) is 5.07. The molecule has 0 aliphatic carbocycles. The molecular weight excluding hydrogens is 550 g/mol. The van der Waals surface area contributed by atoms with E-state index in [4.69, 9.17) is 26.1 Å². The number of para-hydroxylation sites is 3. The first kappa shape index (κ1) is 28.9. The molecule has 1 heterocycles. The lowest BCUT2D eigenvalue weighted by atomic mass is 10.1. The molecule has 0 aliphatic heterocycles.